The van der Waals surface area contributed by atoms with Crippen molar-refractivity contribution in [1.29, 1.82) is 0 Å². The van der Waals surface area contributed by atoms with Gasteiger partial charge >= 0.3 is 0 Å². The maximum atomic E-state index is 14.8. The van der Waals surface area contributed by atoms with Gasteiger partial charge in [-0.2, -0.15) is 0 Å². The van der Waals surface area contributed by atoms with E-state index in [0.29, 0.717) is 37.1 Å². The molecule has 0 radical (unpaired) electrons. The number of alkyl halides is 1. The van der Waals surface area contributed by atoms with Gasteiger partial charge in [-0.25, -0.2) is 22.8 Å². The highest BCUT2D eigenvalue weighted by Gasteiger charge is 2.40. The molecule has 2 fully saturated rings. The van der Waals surface area contributed by atoms with Gasteiger partial charge in [0, 0.05) is 66.5 Å². The van der Waals surface area contributed by atoms with Crippen molar-refractivity contribution in [3.8, 4) is 0 Å². The number of nitrogens with zero attached hydrogens (tertiary/aromatic N) is 4. The Balaban J connectivity index is 1.41. The first-order valence-corrected chi connectivity index (χ1v) is 15.6. The van der Waals surface area contributed by atoms with Crippen molar-refractivity contribution in [3.05, 3.63) is 48.3 Å². The number of nitrogens with one attached hydrogen (secondary N) is 1. The summed E-state index contributed by atoms with van der Waals surface area (Å²) in [6, 6.07) is 10.2. The standard InChI is InChI=1S/C29H38FN5O3S/c1-18(2)22-6-7-25(35-15-20(19(35)3)16-39(5,37)38)24-14-32-27(13-23(22)24)33-21-8-10-31-28(12-21)34-11-9-26(36)29(4,30)17-34/h6-8,10,12-14,18-20,26,36H,9,11,15-17H2,1-5H3,(H,31,32,33)/t19-,20-,26-,29+/m1/s1. The van der Waals surface area contributed by atoms with Gasteiger partial charge in [-0.3, -0.25) is 0 Å². The predicted octanol–water partition coefficient (Wildman–Crippen LogP) is 4.67. The molecule has 39 heavy (non-hydrogen) atoms. The van der Waals surface area contributed by atoms with Gasteiger partial charge in [0.2, 0.25) is 0 Å². The maximum Gasteiger partial charge on any atom is 0.151 e. The van der Waals surface area contributed by atoms with Crippen molar-refractivity contribution in [1.82, 2.24) is 9.97 Å². The third kappa shape index (κ3) is 5.68. The molecule has 2 aromatic heterocycles. The molecule has 5 rings (SSSR count). The zero-order chi connectivity index (χ0) is 28.1. The van der Waals surface area contributed by atoms with Crippen LogP contribution in [0.2, 0.25) is 0 Å². The highest BCUT2D eigenvalue weighted by molar-refractivity contribution is 7.90. The Morgan fingerprint density at radius 3 is 2.64 bits per heavy atom. The summed E-state index contributed by atoms with van der Waals surface area (Å²) in [5.41, 5.74) is 1.39. The minimum atomic E-state index is -3.02. The van der Waals surface area contributed by atoms with E-state index in [1.165, 1.54) is 18.7 Å². The number of hydrogen-bond donors (Lipinski definition) is 2. The lowest BCUT2D eigenvalue weighted by atomic mass is 9.88. The smallest absolute Gasteiger partial charge is 0.151 e. The van der Waals surface area contributed by atoms with E-state index >= 15 is 0 Å². The normalized spacial score (nSPS) is 25.7. The lowest BCUT2D eigenvalue weighted by molar-refractivity contribution is -0.00841. The van der Waals surface area contributed by atoms with E-state index in [1.54, 1.807) is 6.20 Å². The number of aliphatic hydroxyl groups is 1. The SMILES string of the molecule is CC(C)c1ccc(N2C[C@H](CS(C)(=O)=O)[C@H]2C)c2cnc(Nc3ccnc(N4CC[C@@H](O)[C@@](C)(F)C4)c3)cc12. The number of aromatic nitrogens is 2. The Morgan fingerprint density at radius 2 is 1.97 bits per heavy atom. The second-order valence-electron chi connectivity index (χ2n) is 11.7. The molecule has 0 amide bonds. The Kier molecular flexibility index (Phi) is 7.22. The Bertz CT molecular complexity index is 1480. The van der Waals surface area contributed by atoms with Crippen molar-refractivity contribution < 1.29 is 17.9 Å². The summed E-state index contributed by atoms with van der Waals surface area (Å²) in [6.07, 6.45) is 4.26. The van der Waals surface area contributed by atoms with Crippen LogP contribution in [0, 0.1) is 5.92 Å². The fourth-order valence-corrected chi connectivity index (χ4v) is 6.97. The first kappa shape index (κ1) is 27.6. The molecule has 2 aliphatic heterocycles. The van der Waals surface area contributed by atoms with E-state index in [2.05, 4.69) is 54.2 Å². The number of pyridine rings is 2. The van der Waals surface area contributed by atoms with Crippen LogP contribution in [0.1, 0.15) is 45.6 Å². The summed E-state index contributed by atoms with van der Waals surface area (Å²) in [4.78, 5) is 13.3. The number of hydrogen-bond acceptors (Lipinski definition) is 8. The number of aliphatic hydroxyl groups excluding tert-OH is 1. The summed E-state index contributed by atoms with van der Waals surface area (Å²) in [6.45, 7) is 9.17. The van der Waals surface area contributed by atoms with Gasteiger partial charge in [-0.05, 0) is 55.3 Å². The number of rotatable bonds is 7. The van der Waals surface area contributed by atoms with Gasteiger partial charge in [0.15, 0.2) is 5.67 Å². The molecule has 0 spiro atoms. The first-order chi connectivity index (χ1) is 18.3. The van der Waals surface area contributed by atoms with Gasteiger partial charge in [-0.15, -0.1) is 0 Å². The third-order valence-electron chi connectivity index (χ3n) is 8.17. The van der Waals surface area contributed by atoms with Crippen molar-refractivity contribution in [2.75, 3.05) is 46.8 Å². The fourth-order valence-electron chi connectivity index (χ4n) is 5.80. The molecule has 2 saturated heterocycles. The predicted molar refractivity (Wildman–Crippen MR) is 156 cm³/mol. The van der Waals surface area contributed by atoms with Crippen LogP contribution in [0.5, 0.6) is 0 Å². The highest BCUT2D eigenvalue weighted by Crippen LogP contribution is 2.40. The monoisotopic (exact) mass is 555 g/mol. The lowest BCUT2D eigenvalue weighted by Gasteiger charge is -2.48. The average molecular weight is 556 g/mol. The minimum Gasteiger partial charge on any atom is -0.390 e. The van der Waals surface area contributed by atoms with Crippen LogP contribution < -0.4 is 15.1 Å². The molecule has 10 heteroatoms. The van der Waals surface area contributed by atoms with E-state index < -0.39 is 21.6 Å². The van der Waals surface area contributed by atoms with Crippen LogP contribution in [0.25, 0.3) is 10.8 Å². The number of benzene rings is 1. The number of fused-ring (bicyclic) bond motifs is 1. The van der Waals surface area contributed by atoms with Crippen molar-refractivity contribution in [2.24, 2.45) is 5.92 Å². The molecule has 8 nitrogen and oxygen atoms in total. The van der Waals surface area contributed by atoms with Crippen LogP contribution in [-0.2, 0) is 9.84 Å². The van der Waals surface area contributed by atoms with Crippen molar-refractivity contribution in [2.45, 2.75) is 57.8 Å². The summed E-state index contributed by atoms with van der Waals surface area (Å²) in [5, 5.41) is 15.5. The van der Waals surface area contributed by atoms with Crippen molar-refractivity contribution >= 4 is 43.6 Å². The molecule has 210 valence electrons. The molecule has 0 saturated carbocycles. The van der Waals surface area contributed by atoms with E-state index in [4.69, 9.17) is 4.98 Å². The fraction of sp³-hybridized carbons (Fsp3) is 0.517. The summed E-state index contributed by atoms with van der Waals surface area (Å²) < 4.78 is 38.4. The Hall–Kier alpha value is -2.98. The van der Waals surface area contributed by atoms with Crippen LogP contribution in [-0.4, -0.2) is 72.9 Å². The van der Waals surface area contributed by atoms with Gasteiger partial charge < -0.3 is 20.2 Å². The number of anilines is 4. The van der Waals surface area contributed by atoms with Gasteiger partial charge in [-0.1, -0.05) is 19.9 Å². The molecule has 0 aliphatic carbocycles. The molecule has 3 aromatic rings. The molecule has 0 bridgehead atoms. The van der Waals surface area contributed by atoms with E-state index in [9.17, 15) is 17.9 Å². The summed E-state index contributed by atoms with van der Waals surface area (Å²) in [5.74, 6) is 1.97. The lowest BCUT2D eigenvalue weighted by Crippen LogP contribution is -2.57. The molecular weight excluding hydrogens is 517 g/mol. The van der Waals surface area contributed by atoms with Crippen LogP contribution in [0.15, 0.2) is 42.7 Å². The van der Waals surface area contributed by atoms with E-state index in [-0.39, 0.29) is 24.3 Å². The minimum absolute atomic E-state index is 0.0827. The Morgan fingerprint density at radius 1 is 1.21 bits per heavy atom. The second kappa shape index (κ2) is 10.2. The van der Waals surface area contributed by atoms with Crippen LogP contribution in [0.4, 0.5) is 27.4 Å². The highest BCUT2D eigenvalue weighted by atomic mass is 32.2. The molecule has 1 aromatic carbocycles. The van der Waals surface area contributed by atoms with Crippen molar-refractivity contribution in [3.63, 3.8) is 0 Å². The third-order valence-corrected chi connectivity index (χ3v) is 9.21. The topological polar surface area (TPSA) is 98.7 Å². The zero-order valence-corrected chi connectivity index (χ0v) is 24.0. The van der Waals surface area contributed by atoms with E-state index in [1.807, 2.05) is 23.2 Å². The first-order valence-electron chi connectivity index (χ1n) is 13.5. The number of piperidine rings is 1. The van der Waals surface area contributed by atoms with Gasteiger partial charge in [0.1, 0.15) is 21.5 Å². The maximum absolute atomic E-state index is 14.8. The Labute approximate surface area is 230 Å². The number of halogens is 1. The van der Waals surface area contributed by atoms with Gasteiger partial charge in [0.05, 0.1) is 18.4 Å². The molecule has 2 aliphatic rings. The van der Waals surface area contributed by atoms with Crippen LogP contribution >= 0.6 is 0 Å². The largest absolute Gasteiger partial charge is 0.390 e. The molecular formula is C29H38FN5O3S. The molecule has 4 heterocycles. The number of sulfone groups is 1. The second-order valence-corrected chi connectivity index (χ2v) is 13.9. The van der Waals surface area contributed by atoms with Gasteiger partial charge in [0.25, 0.3) is 0 Å². The molecule has 4 atom stereocenters. The van der Waals surface area contributed by atoms with E-state index in [0.717, 1.165) is 22.1 Å². The molecule has 0 unspecified atom stereocenters. The quantitative estimate of drug-likeness (QED) is 0.434. The zero-order valence-electron chi connectivity index (χ0n) is 23.2. The molecule has 2 N–H and O–H groups in total. The summed E-state index contributed by atoms with van der Waals surface area (Å²) in [7, 11) is -3.02. The van der Waals surface area contributed by atoms with Crippen LogP contribution in [0.3, 0.4) is 0 Å². The average Bonchev–Trinajstić information content (AvgIpc) is 2.86. The summed E-state index contributed by atoms with van der Waals surface area (Å²) >= 11 is 0.